The van der Waals surface area contributed by atoms with Gasteiger partial charge in [-0.2, -0.15) is 0 Å². The minimum Gasteiger partial charge on any atom is -0.351 e. The van der Waals surface area contributed by atoms with Gasteiger partial charge in [0.25, 0.3) is 5.91 Å². The quantitative estimate of drug-likeness (QED) is 0.892. The summed E-state index contributed by atoms with van der Waals surface area (Å²) in [6, 6.07) is 6.22. The average molecular weight is 258 g/mol. The molecule has 0 saturated carbocycles. The molecule has 0 bridgehead atoms. The van der Waals surface area contributed by atoms with Gasteiger partial charge >= 0.3 is 0 Å². The molecule has 2 aromatic rings. The van der Waals surface area contributed by atoms with E-state index < -0.39 is 0 Å². The van der Waals surface area contributed by atoms with E-state index >= 15 is 0 Å². The molecule has 0 fully saturated rings. The van der Waals surface area contributed by atoms with Gasteiger partial charge in [0.05, 0.1) is 0 Å². The molecule has 19 heavy (non-hydrogen) atoms. The van der Waals surface area contributed by atoms with Crippen LogP contribution in [0.25, 0.3) is 10.9 Å². The first kappa shape index (κ1) is 13.7. The van der Waals surface area contributed by atoms with Crippen molar-refractivity contribution in [3.8, 4) is 0 Å². The molecule has 1 aromatic heterocycles. The zero-order valence-corrected chi connectivity index (χ0v) is 12.2. The summed E-state index contributed by atoms with van der Waals surface area (Å²) >= 11 is 0. The van der Waals surface area contributed by atoms with E-state index in [9.17, 15) is 4.79 Å². The van der Waals surface area contributed by atoms with Crippen LogP contribution in [0.15, 0.2) is 18.2 Å². The van der Waals surface area contributed by atoms with E-state index in [0.717, 1.165) is 30.4 Å². The van der Waals surface area contributed by atoms with Crippen molar-refractivity contribution in [3.05, 3.63) is 35.0 Å². The lowest BCUT2D eigenvalue weighted by atomic mass is 10.1. The molecule has 0 saturated heterocycles. The molecule has 3 nitrogen and oxygen atoms in total. The predicted octanol–water partition coefficient (Wildman–Crippen LogP) is 3.66. The Morgan fingerprint density at radius 3 is 2.58 bits per heavy atom. The van der Waals surface area contributed by atoms with Crippen molar-refractivity contribution in [1.29, 1.82) is 0 Å². The van der Waals surface area contributed by atoms with Crippen molar-refractivity contribution in [3.63, 3.8) is 0 Å². The Morgan fingerprint density at radius 2 is 1.95 bits per heavy atom. The third kappa shape index (κ3) is 2.65. The van der Waals surface area contributed by atoms with Crippen molar-refractivity contribution in [2.24, 2.45) is 0 Å². The second-order valence-electron chi connectivity index (χ2n) is 5.11. The third-order valence-corrected chi connectivity index (χ3v) is 3.48. The van der Waals surface area contributed by atoms with Crippen LogP contribution in [0.4, 0.5) is 0 Å². The van der Waals surface area contributed by atoms with E-state index in [1.54, 1.807) is 0 Å². The lowest BCUT2D eigenvalue weighted by molar-refractivity contribution is 0.0759. The van der Waals surface area contributed by atoms with Crippen LogP contribution in [0, 0.1) is 13.8 Å². The number of nitrogens with zero attached hydrogens (tertiary/aromatic N) is 1. The molecular formula is C16H22N2O. The number of fused-ring (bicyclic) bond motifs is 1. The minimum atomic E-state index is 0.0950. The van der Waals surface area contributed by atoms with Crippen molar-refractivity contribution in [2.75, 3.05) is 13.1 Å². The summed E-state index contributed by atoms with van der Waals surface area (Å²) in [7, 11) is 0. The fourth-order valence-electron chi connectivity index (χ4n) is 2.56. The Hall–Kier alpha value is -1.77. The van der Waals surface area contributed by atoms with Gasteiger partial charge in [0.2, 0.25) is 0 Å². The van der Waals surface area contributed by atoms with Gasteiger partial charge in [0.1, 0.15) is 5.69 Å². The van der Waals surface area contributed by atoms with Gasteiger partial charge < -0.3 is 9.88 Å². The second kappa shape index (κ2) is 5.47. The van der Waals surface area contributed by atoms with Crippen molar-refractivity contribution < 1.29 is 4.79 Å². The average Bonchev–Trinajstić information content (AvgIpc) is 2.79. The second-order valence-corrected chi connectivity index (χ2v) is 5.11. The Bertz CT molecular complexity index is 598. The molecular weight excluding hydrogens is 236 g/mol. The SMILES string of the molecule is CCCN(CC)C(=O)c1cc2c(C)cc(C)cc2[nH]1. The number of aromatic nitrogens is 1. The van der Waals surface area contributed by atoms with E-state index in [4.69, 9.17) is 0 Å². The van der Waals surface area contributed by atoms with Crippen LogP contribution in [-0.4, -0.2) is 28.9 Å². The molecule has 0 spiro atoms. The number of carbonyl (C=O) groups is 1. The van der Waals surface area contributed by atoms with Crippen LogP contribution in [-0.2, 0) is 0 Å². The summed E-state index contributed by atoms with van der Waals surface area (Å²) in [6.07, 6.45) is 0.984. The molecule has 1 amide bonds. The summed E-state index contributed by atoms with van der Waals surface area (Å²) in [5.41, 5.74) is 4.17. The van der Waals surface area contributed by atoms with E-state index in [-0.39, 0.29) is 5.91 Å². The molecule has 0 radical (unpaired) electrons. The molecule has 1 N–H and O–H groups in total. The highest BCUT2D eigenvalue weighted by molar-refractivity contribution is 5.99. The number of benzene rings is 1. The normalized spacial score (nSPS) is 10.9. The maximum absolute atomic E-state index is 12.4. The van der Waals surface area contributed by atoms with Gasteiger partial charge in [0.15, 0.2) is 0 Å². The van der Waals surface area contributed by atoms with Gasteiger partial charge in [-0.05, 0) is 50.5 Å². The summed E-state index contributed by atoms with van der Waals surface area (Å²) in [5, 5.41) is 1.14. The van der Waals surface area contributed by atoms with Gasteiger partial charge in [-0.15, -0.1) is 0 Å². The van der Waals surface area contributed by atoms with Gasteiger partial charge in [-0.1, -0.05) is 13.0 Å². The monoisotopic (exact) mass is 258 g/mol. The smallest absolute Gasteiger partial charge is 0.270 e. The zero-order valence-electron chi connectivity index (χ0n) is 12.2. The zero-order chi connectivity index (χ0) is 14.0. The topological polar surface area (TPSA) is 36.1 Å². The number of rotatable bonds is 4. The standard InChI is InChI=1S/C16H22N2O/c1-5-7-18(6-2)16(19)15-10-13-12(4)8-11(3)9-14(13)17-15/h8-10,17H,5-7H2,1-4H3. The summed E-state index contributed by atoms with van der Waals surface area (Å²) < 4.78 is 0. The highest BCUT2D eigenvalue weighted by Gasteiger charge is 2.16. The number of carbonyl (C=O) groups excluding carboxylic acids is 1. The number of nitrogens with one attached hydrogen (secondary N) is 1. The molecule has 3 heteroatoms. The van der Waals surface area contributed by atoms with Gasteiger partial charge in [-0.3, -0.25) is 4.79 Å². The molecule has 0 unspecified atom stereocenters. The Kier molecular flexibility index (Phi) is 3.93. The molecule has 0 atom stereocenters. The van der Waals surface area contributed by atoms with Gasteiger partial charge in [0, 0.05) is 24.0 Å². The van der Waals surface area contributed by atoms with Crippen LogP contribution in [0.5, 0.6) is 0 Å². The Balaban J connectivity index is 2.40. The summed E-state index contributed by atoms with van der Waals surface area (Å²) in [6.45, 7) is 9.83. The molecule has 0 aliphatic rings. The van der Waals surface area contributed by atoms with Crippen LogP contribution in [0.1, 0.15) is 41.9 Å². The van der Waals surface area contributed by atoms with Gasteiger partial charge in [-0.25, -0.2) is 0 Å². The molecule has 2 rings (SSSR count). The maximum atomic E-state index is 12.4. The minimum absolute atomic E-state index is 0.0950. The van der Waals surface area contributed by atoms with Crippen LogP contribution in [0.3, 0.4) is 0 Å². The largest absolute Gasteiger partial charge is 0.351 e. The highest BCUT2D eigenvalue weighted by atomic mass is 16.2. The third-order valence-electron chi connectivity index (χ3n) is 3.48. The summed E-state index contributed by atoms with van der Waals surface area (Å²) in [4.78, 5) is 17.6. The number of hydrogen-bond donors (Lipinski definition) is 1. The summed E-state index contributed by atoms with van der Waals surface area (Å²) in [5.74, 6) is 0.0950. The number of H-pyrrole nitrogens is 1. The Morgan fingerprint density at radius 1 is 1.21 bits per heavy atom. The van der Waals surface area contributed by atoms with E-state index in [1.165, 1.54) is 11.1 Å². The van der Waals surface area contributed by atoms with E-state index in [1.807, 2.05) is 17.9 Å². The van der Waals surface area contributed by atoms with Crippen LogP contribution >= 0.6 is 0 Å². The van der Waals surface area contributed by atoms with Crippen molar-refractivity contribution in [2.45, 2.75) is 34.1 Å². The maximum Gasteiger partial charge on any atom is 0.270 e. The first-order chi connectivity index (χ1) is 9.06. The first-order valence-electron chi connectivity index (χ1n) is 6.96. The predicted molar refractivity (Wildman–Crippen MR) is 79.6 cm³/mol. The lowest BCUT2D eigenvalue weighted by Gasteiger charge is -2.18. The molecule has 0 aliphatic heterocycles. The lowest BCUT2D eigenvalue weighted by Crippen LogP contribution is -2.31. The number of hydrogen-bond acceptors (Lipinski definition) is 1. The van der Waals surface area contributed by atoms with E-state index in [0.29, 0.717) is 5.69 Å². The molecule has 1 heterocycles. The highest BCUT2D eigenvalue weighted by Crippen LogP contribution is 2.22. The van der Waals surface area contributed by atoms with Crippen LogP contribution < -0.4 is 0 Å². The number of aryl methyl sites for hydroxylation is 2. The fourth-order valence-corrected chi connectivity index (χ4v) is 2.56. The molecule has 1 aromatic carbocycles. The van der Waals surface area contributed by atoms with E-state index in [2.05, 4.69) is 37.9 Å². The molecule has 0 aliphatic carbocycles. The number of aromatic amines is 1. The Labute approximate surface area is 114 Å². The first-order valence-corrected chi connectivity index (χ1v) is 6.96. The van der Waals surface area contributed by atoms with Crippen LogP contribution in [0.2, 0.25) is 0 Å². The molecule has 102 valence electrons. The number of amides is 1. The fraction of sp³-hybridized carbons (Fsp3) is 0.438. The van der Waals surface area contributed by atoms with Crippen molar-refractivity contribution in [1.82, 2.24) is 9.88 Å². The van der Waals surface area contributed by atoms with Crippen molar-refractivity contribution >= 4 is 16.8 Å².